The summed E-state index contributed by atoms with van der Waals surface area (Å²) >= 11 is 0.927. The third-order valence-corrected chi connectivity index (χ3v) is 6.12. The highest BCUT2D eigenvalue weighted by Gasteiger charge is 2.32. The highest BCUT2D eigenvalue weighted by atomic mass is 32.2. The molecular weight excluding hydrogens is 286 g/mol. The fourth-order valence-corrected chi connectivity index (χ4v) is 4.97. The fraction of sp³-hybridized carbons (Fsp3) is 0.583. The molecular formula is C12H17NO4S2. The minimum absolute atomic E-state index is 0.0363. The predicted molar refractivity (Wildman–Crippen MR) is 73.1 cm³/mol. The van der Waals surface area contributed by atoms with Gasteiger partial charge in [-0.3, -0.25) is 0 Å². The normalized spacial score (nSPS) is 19.2. The van der Waals surface area contributed by atoms with Crippen molar-refractivity contribution in [3.8, 4) is 0 Å². The number of carboxylic acids is 1. The fourth-order valence-electron chi connectivity index (χ4n) is 2.39. The molecule has 19 heavy (non-hydrogen) atoms. The van der Waals surface area contributed by atoms with Crippen molar-refractivity contribution >= 4 is 27.3 Å². The third-order valence-electron chi connectivity index (χ3n) is 3.43. The lowest BCUT2D eigenvalue weighted by molar-refractivity contribution is 0.0702. The van der Waals surface area contributed by atoms with Gasteiger partial charge in [0, 0.05) is 10.9 Å². The van der Waals surface area contributed by atoms with Crippen molar-refractivity contribution in [1.29, 1.82) is 0 Å². The second-order valence-corrected chi connectivity index (χ2v) is 7.77. The van der Waals surface area contributed by atoms with Crippen molar-refractivity contribution in [2.75, 3.05) is 0 Å². The topological polar surface area (TPSA) is 83.5 Å². The number of nitrogens with one attached hydrogen (secondary N) is 1. The lowest BCUT2D eigenvalue weighted by atomic mass is 9.84. The predicted octanol–water partition coefficient (Wildman–Crippen LogP) is 2.45. The molecule has 5 nitrogen and oxygen atoms in total. The van der Waals surface area contributed by atoms with Gasteiger partial charge in [0.25, 0.3) is 0 Å². The van der Waals surface area contributed by atoms with E-state index < -0.39 is 21.5 Å². The number of carboxylic acid groups (broad SMARTS) is 1. The van der Waals surface area contributed by atoms with Crippen molar-refractivity contribution < 1.29 is 18.3 Å². The molecule has 0 aliphatic heterocycles. The van der Waals surface area contributed by atoms with E-state index in [0.717, 1.165) is 43.4 Å². The van der Waals surface area contributed by atoms with Gasteiger partial charge in [-0.2, -0.15) is 0 Å². The summed E-state index contributed by atoms with van der Waals surface area (Å²) in [4.78, 5) is 10.9. The first-order valence-corrected chi connectivity index (χ1v) is 8.55. The van der Waals surface area contributed by atoms with Crippen LogP contribution in [-0.2, 0) is 10.0 Å². The minimum Gasteiger partial charge on any atom is -0.477 e. The van der Waals surface area contributed by atoms with E-state index >= 15 is 0 Å². The van der Waals surface area contributed by atoms with Crippen molar-refractivity contribution in [3.63, 3.8) is 0 Å². The number of rotatable bonds is 4. The van der Waals surface area contributed by atoms with Gasteiger partial charge in [0.15, 0.2) is 0 Å². The van der Waals surface area contributed by atoms with Gasteiger partial charge in [0.2, 0.25) is 10.0 Å². The SMILES string of the molecule is CC1(NS(=O)(=O)c2csc(C(=O)O)c2)CCCCC1. The van der Waals surface area contributed by atoms with Crippen molar-refractivity contribution in [2.24, 2.45) is 0 Å². The molecule has 1 aliphatic carbocycles. The van der Waals surface area contributed by atoms with Gasteiger partial charge in [-0.05, 0) is 25.8 Å². The van der Waals surface area contributed by atoms with Crippen molar-refractivity contribution in [1.82, 2.24) is 4.72 Å². The highest BCUT2D eigenvalue weighted by molar-refractivity contribution is 7.89. The van der Waals surface area contributed by atoms with E-state index in [2.05, 4.69) is 4.72 Å². The van der Waals surface area contributed by atoms with Crippen LogP contribution < -0.4 is 4.72 Å². The Balaban J connectivity index is 2.19. The Labute approximate surface area is 116 Å². The molecule has 1 aromatic heterocycles. The summed E-state index contributed by atoms with van der Waals surface area (Å²) in [6.45, 7) is 1.91. The number of hydrogen-bond acceptors (Lipinski definition) is 4. The molecule has 0 bridgehead atoms. The Kier molecular flexibility index (Phi) is 3.98. The van der Waals surface area contributed by atoms with Gasteiger partial charge >= 0.3 is 5.97 Å². The number of sulfonamides is 1. The van der Waals surface area contributed by atoms with Crippen LogP contribution in [0.1, 0.15) is 48.7 Å². The molecule has 0 amide bonds. The number of aromatic carboxylic acids is 1. The molecule has 2 N–H and O–H groups in total. The zero-order valence-electron chi connectivity index (χ0n) is 10.7. The van der Waals surface area contributed by atoms with Gasteiger partial charge in [-0.25, -0.2) is 17.9 Å². The van der Waals surface area contributed by atoms with E-state index in [1.165, 1.54) is 11.4 Å². The summed E-state index contributed by atoms with van der Waals surface area (Å²) < 4.78 is 27.2. The van der Waals surface area contributed by atoms with Crippen molar-refractivity contribution in [3.05, 3.63) is 16.3 Å². The van der Waals surface area contributed by atoms with E-state index in [1.54, 1.807) is 0 Å². The second kappa shape index (κ2) is 5.22. The zero-order valence-corrected chi connectivity index (χ0v) is 12.3. The van der Waals surface area contributed by atoms with Gasteiger partial charge in [0.05, 0.1) is 4.90 Å². The Hall–Kier alpha value is -0.920. The van der Waals surface area contributed by atoms with Crippen LogP contribution in [0.25, 0.3) is 0 Å². The lowest BCUT2D eigenvalue weighted by Gasteiger charge is -2.33. The average molecular weight is 303 g/mol. The molecule has 0 saturated heterocycles. The van der Waals surface area contributed by atoms with Crippen LogP contribution in [0.15, 0.2) is 16.3 Å². The van der Waals surface area contributed by atoms with Crippen LogP contribution in [0, 0.1) is 0 Å². The van der Waals surface area contributed by atoms with E-state index in [1.807, 2.05) is 6.92 Å². The first kappa shape index (κ1) is 14.5. The molecule has 0 aromatic carbocycles. The minimum atomic E-state index is -3.63. The Morgan fingerprint density at radius 1 is 1.37 bits per heavy atom. The standard InChI is InChI=1S/C12H17NO4S2/c1-12(5-3-2-4-6-12)13-19(16,17)9-7-10(11(14)15)18-8-9/h7-8,13H,2-6H2,1H3,(H,14,15). The molecule has 1 saturated carbocycles. The maximum Gasteiger partial charge on any atom is 0.345 e. The van der Waals surface area contributed by atoms with Crippen LogP contribution >= 0.6 is 11.3 Å². The Bertz CT molecular complexity index is 570. The Morgan fingerprint density at radius 3 is 2.53 bits per heavy atom. The van der Waals surface area contributed by atoms with E-state index in [4.69, 9.17) is 5.11 Å². The molecule has 0 unspecified atom stereocenters. The summed E-state index contributed by atoms with van der Waals surface area (Å²) in [5, 5.41) is 10.2. The molecule has 7 heteroatoms. The van der Waals surface area contributed by atoms with Crippen molar-refractivity contribution in [2.45, 2.75) is 49.5 Å². The van der Waals surface area contributed by atoms with E-state index in [0.29, 0.717) is 0 Å². The van der Waals surface area contributed by atoms with Crippen LogP contribution in [0.4, 0.5) is 0 Å². The average Bonchev–Trinajstić information content (AvgIpc) is 2.78. The van der Waals surface area contributed by atoms with Crippen LogP contribution in [0.2, 0.25) is 0 Å². The molecule has 1 aromatic rings. The summed E-state index contributed by atoms with van der Waals surface area (Å²) in [5.74, 6) is -1.10. The number of carbonyl (C=O) groups is 1. The summed E-state index contributed by atoms with van der Waals surface area (Å²) in [5.41, 5.74) is -0.414. The molecule has 1 heterocycles. The maximum atomic E-state index is 12.2. The largest absolute Gasteiger partial charge is 0.477 e. The van der Waals surface area contributed by atoms with E-state index in [9.17, 15) is 13.2 Å². The van der Waals surface area contributed by atoms with Crippen LogP contribution in [-0.4, -0.2) is 25.0 Å². The monoisotopic (exact) mass is 303 g/mol. The van der Waals surface area contributed by atoms with E-state index in [-0.39, 0.29) is 9.77 Å². The van der Waals surface area contributed by atoms with Gasteiger partial charge < -0.3 is 5.11 Å². The van der Waals surface area contributed by atoms with Crippen LogP contribution in [0.3, 0.4) is 0 Å². The maximum absolute atomic E-state index is 12.2. The molecule has 106 valence electrons. The summed E-state index contributed by atoms with van der Waals surface area (Å²) in [6.07, 6.45) is 4.81. The number of thiophene rings is 1. The molecule has 1 fully saturated rings. The molecule has 0 radical (unpaired) electrons. The van der Waals surface area contributed by atoms with Crippen LogP contribution in [0.5, 0.6) is 0 Å². The van der Waals surface area contributed by atoms with Gasteiger partial charge in [-0.1, -0.05) is 19.3 Å². The highest BCUT2D eigenvalue weighted by Crippen LogP contribution is 2.30. The summed E-state index contributed by atoms with van der Waals surface area (Å²) in [6, 6.07) is 1.21. The number of hydrogen-bond donors (Lipinski definition) is 2. The van der Waals surface area contributed by atoms with Gasteiger partial charge in [0.1, 0.15) is 4.88 Å². The third kappa shape index (κ3) is 3.34. The quantitative estimate of drug-likeness (QED) is 0.895. The molecule has 1 aliphatic rings. The molecule has 2 rings (SSSR count). The first-order chi connectivity index (χ1) is 8.82. The smallest absolute Gasteiger partial charge is 0.345 e. The lowest BCUT2D eigenvalue weighted by Crippen LogP contribution is -2.46. The zero-order chi connectivity index (χ0) is 14.1. The first-order valence-electron chi connectivity index (χ1n) is 6.18. The van der Waals surface area contributed by atoms with Gasteiger partial charge in [-0.15, -0.1) is 11.3 Å². The Morgan fingerprint density at radius 2 is 2.00 bits per heavy atom. The molecule has 0 spiro atoms. The second-order valence-electron chi connectivity index (χ2n) is 5.18. The molecule has 0 atom stereocenters. The summed E-state index contributed by atoms with van der Waals surface area (Å²) in [7, 11) is -3.63.